The first-order chi connectivity index (χ1) is 7.34. The molecular formula is C13H18O2. The monoisotopic (exact) mass is 206 g/mol. The maximum Gasteiger partial charge on any atom is 0.159 e. The Balaban J connectivity index is 2.18. The van der Waals surface area contributed by atoms with Crippen LogP contribution >= 0.6 is 0 Å². The Morgan fingerprint density at radius 1 is 1.40 bits per heavy atom. The van der Waals surface area contributed by atoms with E-state index < -0.39 is 0 Å². The molecule has 0 amide bonds. The third kappa shape index (κ3) is 4.80. The van der Waals surface area contributed by atoms with Crippen molar-refractivity contribution in [3.63, 3.8) is 0 Å². The molecule has 82 valence electrons. The summed E-state index contributed by atoms with van der Waals surface area (Å²) in [6.07, 6.45) is 7.43. The van der Waals surface area contributed by atoms with E-state index in [2.05, 4.69) is 11.8 Å². The lowest BCUT2D eigenvalue weighted by molar-refractivity contribution is -0.114. The highest BCUT2D eigenvalue weighted by atomic mass is 16.5. The molecule has 2 nitrogen and oxygen atoms in total. The Bertz CT molecular complexity index is 291. The molecule has 0 N–H and O–H groups in total. The molecule has 0 atom stereocenters. The smallest absolute Gasteiger partial charge is 0.159 e. The van der Waals surface area contributed by atoms with Gasteiger partial charge in [0.1, 0.15) is 0 Å². The van der Waals surface area contributed by atoms with E-state index in [1.54, 1.807) is 13.2 Å². The fraction of sp³-hybridized carbons (Fsp3) is 0.615. The van der Waals surface area contributed by atoms with Crippen LogP contribution < -0.4 is 0 Å². The number of methoxy groups -OCH3 is 1. The van der Waals surface area contributed by atoms with E-state index in [9.17, 15) is 4.79 Å². The van der Waals surface area contributed by atoms with Gasteiger partial charge in [0.2, 0.25) is 0 Å². The van der Waals surface area contributed by atoms with Crippen molar-refractivity contribution in [3.8, 4) is 11.8 Å². The normalized spacial score (nSPS) is 17.9. The van der Waals surface area contributed by atoms with Crippen LogP contribution in [0.3, 0.4) is 0 Å². The van der Waals surface area contributed by atoms with Crippen LogP contribution in [0.1, 0.15) is 38.5 Å². The van der Waals surface area contributed by atoms with Crippen LogP contribution in [0.15, 0.2) is 11.6 Å². The van der Waals surface area contributed by atoms with Crippen LogP contribution in [0.25, 0.3) is 0 Å². The first-order valence-corrected chi connectivity index (χ1v) is 5.54. The van der Waals surface area contributed by atoms with E-state index in [4.69, 9.17) is 4.74 Å². The number of carbonyl (C=O) groups is 1. The van der Waals surface area contributed by atoms with Gasteiger partial charge >= 0.3 is 0 Å². The largest absolute Gasteiger partial charge is 0.385 e. The van der Waals surface area contributed by atoms with Gasteiger partial charge in [-0.3, -0.25) is 4.79 Å². The number of carbonyl (C=O) groups excluding carboxylic acids is 1. The molecule has 0 aromatic rings. The van der Waals surface area contributed by atoms with E-state index in [-0.39, 0.29) is 5.78 Å². The van der Waals surface area contributed by atoms with Crippen molar-refractivity contribution < 1.29 is 9.53 Å². The van der Waals surface area contributed by atoms with Crippen LogP contribution in [0.5, 0.6) is 0 Å². The molecule has 0 saturated heterocycles. The molecule has 1 fully saturated rings. The Morgan fingerprint density at radius 3 is 2.93 bits per heavy atom. The van der Waals surface area contributed by atoms with Crippen molar-refractivity contribution in [2.45, 2.75) is 38.5 Å². The molecule has 0 radical (unpaired) electrons. The molecule has 1 rings (SSSR count). The van der Waals surface area contributed by atoms with Gasteiger partial charge in [-0.05, 0) is 31.8 Å². The van der Waals surface area contributed by atoms with Crippen molar-refractivity contribution in [3.05, 3.63) is 11.6 Å². The Labute approximate surface area is 91.7 Å². The van der Waals surface area contributed by atoms with E-state index >= 15 is 0 Å². The summed E-state index contributed by atoms with van der Waals surface area (Å²) in [5.41, 5.74) is 0.916. The van der Waals surface area contributed by atoms with E-state index in [0.29, 0.717) is 6.42 Å². The van der Waals surface area contributed by atoms with Gasteiger partial charge in [0.15, 0.2) is 5.78 Å². The number of hydrogen-bond acceptors (Lipinski definition) is 2. The van der Waals surface area contributed by atoms with Gasteiger partial charge in [-0.25, -0.2) is 0 Å². The lowest BCUT2D eigenvalue weighted by Crippen LogP contribution is -1.89. The second kappa shape index (κ2) is 7.25. The zero-order chi connectivity index (χ0) is 10.9. The predicted molar refractivity (Wildman–Crippen MR) is 60.4 cm³/mol. The lowest BCUT2D eigenvalue weighted by atomic mass is 10.2. The Kier molecular flexibility index (Phi) is 5.80. The van der Waals surface area contributed by atoms with Gasteiger partial charge < -0.3 is 4.74 Å². The summed E-state index contributed by atoms with van der Waals surface area (Å²) in [6, 6.07) is 0. The van der Waals surface area contributed by atoms with Crippen molar-refractivity contribution in [1.29, 1.82) is 0 Å². The minimum atomic E-state index is 0.281. The summed E-state index contributed by atoms with van der Waals surface area (Å²) in [5.74, 6) is 6.30. The number of rotatable bonds is 4. The molecule has 0 bridgehead atoms. The molecule has 15 heavy (non-hydrogen) atoms. The van der Waals surface area contributed by atoms with E-state index in [0.717, 1.165) is 44.3 Å². The molecule has 1 aliphatic rings. The highest BCUT2D eigenvalue weighted by molar-refractivity contribution is 5.97. The topological polar surface area (TPSA) is 26.3 Å². The first-order valence-electron chi connectivity index (χ1n) is 5.54. The van der Waals surface area contributed by atoms with Crippen molar-refractivity contribution in [1.82, 2.24) is 0 Å². The van der Waals surface area contributed by atoms with Gasteiger partial charge in [-0.2, -0.15) is 0 Å². The van der Waals surface area contributed by atoms with Gasteiger partial charge in [-0.1, -0.05) is 11.8 Å². The minimum Gasteiger partial charge on any atom is -0.385 e. The summed E-state index contributed by atoms with van der Waals surface area (Å²) < 4.78 is 4.94. The van der Waals surface area contributed by atoms with Gasteiger partial charge in [0, 0.05) is 32.1 Å². The van der Waals surface area contributed by atoms with Gasteiger partial charge in [0.25, 0.3) is 0 Å². The molecule has 0 aromatic carbocycles. The molecule has 0 heterocycles. The van der Waals surface area contributed by atoms with Crippen LogP contribution in [0, 0.1) is 11.8 Å². The quantitative estimate of drug-likeness (QED) is 0.401. The van der Waals surface area contributed by atoms with Crippen LogP contribution in [-0.2, 0) is 9.53 Å². The maximum atomic E-state index is 11.2. The fourth-order valence-corrected chi connectivity index (χ4v) is 1.56. The molecule has 0 spiro atoms. The highest BCUT2D eigenvalue weighted by Crippen LogP contribution is 2.19. The lowest BCUT2D eigenvalue weighted by Gasteiger charge is -1.93. The van der Waals surface area contributed by atoms with Crippen LogP contribution in [0.4, 0.5) is 0 Å². The number of ether oxygens (including phenoxy) is 1. The summed E-state index contributed by atoms with van der Waals surface area (Å²) >= 11 is 0. The van der Waals surface area contributed by atoms with Crippen LogP contribution in [-0.4, -0.2) is 19.5 Å². The van der Waals surface area contributed by atoms with Crippen LogP contribution in [0.2, 0.25) is 0 Å². The Morgan fingerprint density at radius 2 is 2.27 bits per heavy atom. The molecular weight excluding hydrogens is 188 g/mol. The molecule has 0 aliphatic heterocycles. The second-order valence-corrected chi connectivity index (χ2v) is 3.72. The minimum absolute atomic E-state index is 0.281. The molecule has 2 heteroatoms. The van der Waals surface area contributed by atoms with Gasteiger partial charge in [0.05, 0.1) is 0 Å². The van der Waals surface area contributed by atoms with Crippen molar-refractivity contribution in [2.75, 3.05) is 13.7 Å². The average Bonchev–Trinajstić information content (AvgIpc) is 2.63. The summed E-state index contributed by atoms with van der Waals surface area (Å²) in [5, 5.41) is 0. The summed E-state index contributed by atoms with van der Waals surface area (Å²) in [4.78, 5) is 11.2. The summed E-state index contributed by atoms with van der Waals surface area (Å²) in [6.45, 7) is 0.807. The molecule has 1 saturated carbocycles. The molecule has 1 aliphatic carbocycles. The molecule has 0 unspecified atom stereocenters. The van der Waals surface area contributed by atoms with E-state index in [1.807, 2.05) is 0 Å². The number of allylic oxidation sites excluding steroid dienone is 2. The summed E-state index contributed by atoms with van der Waals surface area (Å²) in [7, 11) is 1.71. The Hall–Kier alpha value is -1.07. The third-order valence-corrected chi connectivity index (χ3v) is 2.46. The molecule has 0 aromatic heterocycles. The average molecular weight is 206 g/mol. The fourth-order valence-electron chi connectivity index (χ4n) is 1.56. The SMILES string of the molecule is COCCCCC#C/C=C1/CCCC1=O. The first kappa shape index (κ1) is 12.0. The highest BCUT2D eigenvalue weighted by Gasteiger charge is 2.15. The van der Waals surface area contributed by atoms with E-state index in [1.165, 1.54) is 0 Å². The van der Waals surface area contributed by atoms with Crippen molar-refractivity contribution in [2.24, 2.45) is 0 Å². The van der Waals surface area contributed by atoms with Crippen molar-refractivity contribution >= 4 is 5.78 Å². The predicted octanol–water partition coefficient (Wildman–Crippen LogP) is 2.49. The zero-order valence-corrected chi connectivity index (χ0v) is 9.34. The maximum absolute atomic E-state index is 11.2. The third-order valence-electron chi connectivity index (χ3n) is 2.46. The number of hydrogen-bond donors (Lipinski definition) is 0. The zero-order valence-electron chi connectivity index (χ0n) is 9.34. The second-order valence-electron chi connectivity index (χ2n) is 3.72. The van der Waals surface area contributed by atoms with Gasteiger partial charge in [-0.15, -0.1) is 0 Å². The number of ketones is 1. The standard InChI is InChI=1S/C13H18O2/c1-15-11-6-4-2-3-5-8-12-9-7-10-13(12)14/h8H,2,4,6-7,9-11H2,1H3/b12-8-. The number of Topliss-reactive ketones (excluding diaryl/α,β-unsaturated/α-hetero) is 1. The number of unbranched alkanes of at least 4 members (excludes halogenated alkanes) is 2.